The highest BCUT2D eigenvalue weighted by molar-refractivity contribution is 7.89. The summed E-state index contributed by atoms with van der Waals surface area (Å²) in [4.78, 5) is 10.8. The molecule has 0 radical (unpaired) electrons. The molecule has 1 rings (SSSR count). The molecule has 0 aliphatic carbocycles. The van der Waals surface area contributed by atoms with E-state index < -0.39 is 26.0 Å². The second kappa shape index (κ2) is 6.52. The van der Waals surface area contributed by atoms with Crippen LogP contribution in [0.5, 0.6) is 0 Å². The zero-order valence-electron chi connectivity index (χ0n) is 11.5. The van der Waals surface area contributed by atoms with Gasteiger partial charge in [0.05, 0.1) is 16.7 Å². The fraction of sp³-hybridized carbons (Fsp3) is 0.364. The SMILES string of the molecule is Cc1ccc(S(=O)(=O)NCCNS(C)(=O)=O)cc1C(=O)O. The van der Waals surface area contributed by atoms with Crippen LogP contribution in [-0.4, -0.2) is 47.3 Å². The van der Waals surface area contributed by atoms with Gasteiger partial charge in [0.1, 0.15) is 0 Å². The van der Waals surface area contributed by atoms with Crippen LogP contribution in [0.25, 0.3) is 0 Å². The fourth-order valence-corrected chi connectivity index (χ4v) is 3.03. The molecule has 0 atom stereocenters. The molecule has 0 fully saturated rings. The largest absolute Gasteiger partial charge is 0.478 e. The molecule has 3 N–H and O–H groups in total. The van der Waals surface area contributed by atoms with Gasteiger partial charge in [0.2, 0.25) is 20.0 Å². The van der Waals surface area contributed by atoms with Crippen molar-refractivity contribution < 1.29 is 26.7 Å². The number of aromatic carboxylic acids is 1. The van der Waals surface area contributed by atoms with E-state index in [0.29, 0.717) is 5.56 Å². The number of hydrogen-bond acceptors (Lipinski definition) is 5. The summed E-state index contributed by atoms with van der Waals surface area (Å²) in [6.45, 7) is 1.31. The maximum absolute atomic E-state index is 12.0. The number of carboxylic acid groups (broad SMARTS) is 1. The molecule has 0 aliphatic heterocycles. The number of hydrogen-bond donors (Lipinski definition) is 3. The van der Waals surface area contributed by atoms with Gasteiger partial charge in [0.15, 0.2) is 0 Å². The first-order valence-electron chi connectivity index (χ1n) is 5.81. The molecule has 1 aromatic carbocycles. The highest BCUT2D eigenvalue weighted by Crippen LogP contribution is 2.15. The van der Waals surface area contributed by atoms with Crippen LogP contribution in [0.4, 0.5) is 0 Å². The van der Waals surface area contributed by atoms with E-state index in [4.69, 9.17) is 5.11 Å². The van der Waals surface area contributed by atoms with Crippen molar-refractivity contribution in [3.8, 4) is 0 Å². The van der Waals surface area contributed by atoms with E-state index in [2.05, 4.69) is 9.44 Å². The van der Waals surface area contributed by atoms with Crippen LogP contribution in [0.1, 0.15) is 15.9 Å². The molecule has 0 amide bonds. The smallest absolute Gasteiger partial charge is 0.335 e. The van der Waals surface area contributed by atoms with Crippen LogP contribution in [0.3, 0.4) is 0 Å². The summed E-state index contributed by atoms with van der Waals surface area (Å²) in [6, 6.07) is 3.74. The molecule has 0 bridgehead atoms. The van der Waals surface area contributed by atoms with E-state index in [1.165, 1.54) is 12.1 Å². The van der Waals surface area contributed by atoms with E-state index >= 15 is 0 Å². The summed E-state index contributed by atoms with van der Waals surface area (Å²) in [5.41, 5.74) is 0.340. The summed E-state index contributed by atoms with van der Waals surface area (Å²) in [5, 5.41) is 8.97. The Morgan fingerprint density at radius 1 is 1.14 bits per heavy atom. The average Bonchev–Trinajstić information content (AvgIpc) is 2.33. The van der Waals surface area contributed by atoms with Crippen LogP contribution in [0.2, 0.25) is 0 Å². The third-order valence-electron chi connectivity index (χ3n) is 2.53. The molecule has 10 heteroatoms. The Kier molecular flexibility index (Phi) is 5.45. The van der Waals surface area contributed by atoms with Crippen LogP contribution in [0.15, 0.2) is 23.1 Å². The van der Waals surface area contributed by atoms with Gasteiger partial charge in [-0.2, -0.15) is 0 Å². The van der Waals surface area contributed by atoms with E-state index in [1.807, 2.05) is 0 Å². The topological polar surface area (TPSA) is 130 Å². The molecular formula is C11H16N2O6S2. The molecule has 0 aliphatic rings. The van der Waals surface area contributed by atoms with Crippen LogP contribution < -0.4 is 9.44 Å². The minimum Gasteiger partial charge on any atom is -0.478 e. The van der Waals surface area contributed by atoms with Crippen molar-refractivity contribution in [1.82, 2.24) is 9.44 Å². The van der Waals surface area contributed by atoms with Crippen molar-refractivity contribution in [2.45, 2.75) is 11.8 Å². The lowest BCUT2D eigenvalue weighted by Crippen LogP contribution is -2.34. The van der Waals surface area contributed by atoms with E-state index in [-0.39, 0.29) is 23.5 Å². The van der Waals surface area contributed by atoms with Gasteiger partial charge in [-0.15, -0.1) is 0 Å². The Hall–Kier alpha value is -1.49. The molecule has 0 saturated heterocycles. The molecule has 21 heavy (non-hydrogen) atoms. The molecule has 8 nitrogen and oxygen atoms in total. The molecule has 1 aromatic rings. The van der Waals surface area contributed by atoms with Gasteiger partial charge in [0.25, 0.3) is 0 Å². The Balaban J connectivity index is 2.84. The third kappa shape index (κ3) is 5.42. The summed E-state index contributed by atoms with van der Waals surface area (Å²) in [6.07, 6.45) is 0.959. The first-order chi connectivity index (χ1) is 9.53. The predicted octanol–water partition coefficient (Wildman–Crippen LogP) is -0.479. The van der Waals surface area contributed by atoms with Crippen LogP contribution in [-0.2, 0) is 20.0 Å². The van der Waals surface area contributed by atoms with Crippen molar-refractivity contribution in [3.63, 3.8) is 0 Å². The average molecular weight is 336 g/mol. The minimum absolute atomic E-state index is 0.101. The number of sulfonamides is 2. The quantitative estimate of drug-likeness (QED) is 0.577. The highest BCUT2D eigenvalue weighted by Gasteiger charge is 2.17. The lowest BCUT2D eigenvalue weighted by Gasteiger charge is -2.09. The standard InChI is InChI=1S/C11H16N2O6S2/c1-8-3-4-9(7-10(8)11(14)15)21(18,19)13-6-5-12-20(2,16)17/h3-4,7,12-13H,5-6H2,1-2H3,(H,14,15). The second-order valence-electron chi connectivity index (χ2n) is 4.35. The summed E-state index contributed by atoms with van der Waals surface area (Å²) >= 11 is 0. The number of carbonyl (C=O) groups is 1. The van der Waals surface area contributed by atoms with Crippen LogP contribution >= 0.6 is 0 Å². The molecule has 0 aromatic heterocycles. The Morgan fingerprint density at radius 2 is 1.71 bits per heavy atom. The van der Waals surface area contributed by atoms with Crippen LogP contribution in [0, 0.1) is 6.92 Å². The van der Waals surface area contributed by atoms with E-state index in [9.17, 15) is 21.6 Å². The predicted molar refractivity (Wildman–Crippen MR) is 76.2 cm³/mol. The molecule has 0 saturated carbocycles. The van der Waals surface area contributed by atoms with Crippen molar-refractivity contribution in [1.29, 1.82) is 0 Å². The van der Waals surface area contributed by atoms with E-state index in [0.717, 1.165) is 12.3 Å². The lowest BCUT2D eigenvalue weighted by molar-refractivity contribution is 0.0696. The Morgan fingerprint density at radius 3 is 2.24 bits per heavy atom. The Bertz CT molecular complexity index is 740. The summed E-state index contributed by atoms with van der Waals surface area (Å²) in [5.74, 6) is -1.22. The van der Waals surface area contributed by atoms with Crippen molar-refractivity contribution in [3.05, 3.63) is 29.3 Å². The Labute approximate surface area is 123 Å². The number of carboxylic acids is 1. The zero-order chi connectivity index (χ0) is 16.3. The number of nitrogens with one attached hydrogen (secondary N) is 2. The third-order valence-corrected chi connectivity index (χ3v) is 4.72. The maximum Gasteiger partial charge on any atom is 0.335 e. The molecule has 0 unspecified atom stereocenters. The van der Waals surface area contributed by atoms with Gasteiger partial charge in [0, 0.05) is 13.1 Å². The zero-order valence-corrected chi connectivity index (χ0v) is 13.1. The van der Waals surface area contributed by atoms with Gasteiger partial charge < -0.3 is 5.11 Å². The molecule has 118 valence electrons. The van der Waals surface area contributed by atoms with Gasteiger partial charge in [-0.25, -0.2) is 31.1 Å². The second-order valence-corrected chi connectivity index (χ2v) is 7.95. The van der Waals surface area contributed by atoms with Gasteiger partial charge >= 0.3 is 5.97 Å². The van der Waals surface area contributed by atoms with Crippen molar-refractivity contribution in [2.24, 2.45) is 0 Å². The first kappa shape index (κ1) is 17.6. The molecular weight excluding hydrogens is 320 g/mol. The fourth-order valence-electron chi connectivity index (χ4n) is 1.50. The number of aryl methyl sites for hydroxylation is 1. The van der Waals surface area contributed by atoms with Gasteiger partial charge in [-0.1, -0.05) is 6.07 Å². The number of benzene rings is 1. The summed E-state index contributed by atoms with van der Waals surface area (Å²) in [7, 11) is -7.29. The van der Waals surface area contributed by atoms with E-state index in [1.54, 1.807) is 6.92 Å². The summed E-state index contributed by atoms with van der Waals surface area (Å²) < 4.78 is 49.9. The number of rotatable bonds is 7. The normalized spacial score (nSPS) is 12.3. The monoisotopic (exact) mass is 336 g/mol. The first-order valence-corrected chi connectivity index (χ1v) is 9.18. The van der Waals surface area contributed by atoms with Gasteiger partial charge in [-0.3, -0.25) is 0 Å². The molecule has 0 heterocycles. The van der Waals surface area contributed by atoms with Crippen molar-refractivity contribution >= 4 is 26.0 Å². The highest BCUT2D eigenvalue weighted by atomic mass is 32.2. The van der Waals surface area contributed by atoms with Crippen molar-refractivity contribution in [2.75, 3.05) is 19.3 Å². The maximum atomic E-state index is 12.0. The minimum atomic E-state index is -3.90. The lowest BCUT2D eigenvalue weighted by atomic mass is 10.1. The van der Waals surface area contributed by atoms with Gasteiger partial charge in [-0.05, 0) is 24.6 Å². The molecule has 0 spiro atoms.